The van der Waals surface area contributed by atoms with Gasteiger partial charge in [0, 0.05) is 5.56 Å². The molecule has 0 aliphatic carbocycles. The molecule has 8 nitrogen and oxygen atoms in total. The number of para-hydroxylation sites is 1. The van der Waals surface area contributed by atoms with Gasteiger partial charge in [-0.1, -0.05) is 42.5 Å². The van der Waals surface area contributed by atoms with Gasteiger partial charge in [-0.2, -0.15) is 9.78 Å². The highest BCUT2D eigenvalue weighted by Crippen LogP contribution is 2.37. The lowest BCUT2D eigenvalue weighted by molar-refractivity contribution is -0.150. The summed E-state index contributed by atoms with van der Waals surface area (Å²) in [7, 11) is 0. The molecule has 190 valence electrons. The lowest BCUT2D eigenvalue weighted by Gasteiger charge is -2.18. The summed E-state index contributed by atoms with van der Waals surface area (Å²) in [5.41, 5.74) is 1.71. The van der Waals surface area contributed by atoms with Crippen molar-refractivity contribution in [2.24, 2.45) is 5.10 Å². The summed E-state index contributed by atoms with van der Waals surface area (Å²) in [6.07, 6.45) is 0.724. The van der Waals surface area contributed by atoms with Gasteiger partial charge in [0.05, 0.1) is 34.8 Å². The van der Waals surface area contributed by atoms with Gasteiger partial charge >= 0.3 is 5.97 Å². The van der Waals surface area contributed by atoms with E-state index in [0.717, 1.165) is 5.56 Å². The van der Waals surface area contributed by atoms with E-state index < -0.39 is 12.1 Å². The first-order valence-electron chi connectivity index (χ1n) is 11.8. The van der Waals surface area contributed by atoms with Crippen LogP contribution in [-0.4, -0.2) is 41.2 Å². The Bertz CT molecular complexity index is 1500. The summed E-state index contributed by atoms with van der Waals surface area (Å²) in [5.74, 6) is 0.739. The fourth-order valence-corrected chi connectivity index (χ4v) is 4.21. The van der Waals surface area contributed by atoms with Crippen LogP contribution in [0.2, 0.25) is 0 Å². The molecule has 4 rings (SSSR count). The number of nitrogens with zero attached hydrogens (tertiary/aromatic N) is 3. The molecule has 0 spiro atoms. The van der Waals surface area contributed by atoms with Gasteiger partial charge in [0.25, 0.3) is 5.56 Å². The van der Waals surface area contributed by atoms with Crippen molar-refractivity contribution in [3.05, 3.63) is 87.1 Å². The molecule has 0 fully saturated rings. The molecular weight excluding hydrogens is 538 g/mol. The molecule has 0 aliphatic rings. The minimum Gasteiger partial charge on any atom is -0.490 e. The molecule has 0 aliphatic heterocycles. The number of hydrogen-bond acceptors (Lipinski definition) is 7. The molecule has 0 saturated carbocycles. The van der Waals surface area contributed by atoms with Gasteiger partial charge in [0.15, 0.2) is 23.4 Å². The largest absolute Gasteiger partial charge is 0.490 e. The summed E-state index contributed by atoms with van der Waals surface area (Å²) in [4.78, 5) is 30.2. The SMILES string of the molecule is CCOC(=O)[C@H](C)Oc1c(Br)cc(C=Nn2c(-c3ccccc3)nc3ccccc3c2=O)cc1OCC. The van der Waals surface area contributed by atoms with E-state index in [2.05, 4.69) is 21.0 Å². The molecule has 1 atom stereocenters. The molecule has 0 bridgehead atoms. The first kappa shape index (κ1) is 26.1. The van der Waals surface area contributed by atoms with Gasteiger partial charge in [-0.05, 0) is 66.5 Å². The number of rotatable bonds is 9. The van der Waals surface area contributed by atoms with Crippen molar-refractivity contribution in [2.75, 3.05) is 13.2 Å². The normalized spacial score (nSPS) is 12.0. The Labute approximate surface area is 222 Å². The highest BCUT2D eigenvalue weighted by atomic mass is 79.9. The van der Waals surface area contributed by atoms with E-state index in [4.69, 9.17) is 19.2 Å². The third kappa shape index (κ3) is 5.89. The second-order valence-corrected chi connectivity index (χ2v) is 8.81. The molecule has 0 unspecified atom stereocenters. The standard InChI is InChI=1S/C28H26BrN3O5/c1-4-35-24-16-19(15-22(29)25(24)37-18(3)28(34)36-5-2)17-30-32-26(20-11-7-6-8-12-20)31-23-14-10-9-13-21(23)27(32)33/h6-18H,4-5H2,1-3H3/t18-/m0/s1. The molecule has 0 saturated heterocycles. The average Bonchev–Trinajstić information content (AvgIpc) is 2.90. The smallest absolute Gasteiger partial charge is 0.347 e. The van der Waals surface area contributed by atoms with Crippen LogP contribution in [0.1, 0.15) is 26.3 Å². The zero-order valence-corrected chi connectivity index (χ0v) is 22.3. The van der Waals surface area contributed by atoms with Crippen molar-refractivity contribution in [3.63, 3.8) is 0 Å². The Morgan fingerprint density at radius 1 is 1.08 bits per heavy atom. The van der Waals surface area contributed by atoms with E-state index in [0.29, 0.717) is 44.9 Å². The average molecular weight is 564 g/mol. The first-order chi connectivity index (χ1) is 17.9. The number of hydrogen-bond donors (Lipinski definition) is 0. The van der Waals surface area contributed by atoms with Gasteiger partial charge in [-0.25, -0.2) is 9.78 Å². The Morgan fingerprint density at radius 2 is 1.81 bits per heavy atom. The number of fused-ring (bicyclic) bond motifs is 1. The molecule has 0 N–H and O–H groups in total. The van der Waals surface area contributed by atoms with E-state index in [-0.39, 0.29) is 12.2 Å². The summed E-state index contributed by atoms with van der Waals surface area (Å²) in [6, 6.07) is 20.1. The Kier molecular flexibility index (Phi) is 8.35. The summed E-state index contributed by atoms with van der Waals surface area (Å²) in [5, 5.41) is 4.98. The predicted octanol–water partition coefficient (Wildman–Crippen LogP) is 5.44. The van der Waals surface area contributed by atoms with Crippen LogP contribution < -0.4 is 15.0 Å². The zero-order valence-electron chi connectivity index (χ0n) is 20.7. The van der Waals surface area contributed by atoms with Crippen LogP contribution in [0.15, 0.2) is 81.1 Å². The maximum absolute atomic E-state index is 13.4. The van der Waals surface area contributed by atoms with Crippen LogP contribution in [-0.2, 0) is 9.53 Å². The molecule has 1 heterocycles. The van der Waals surface area contributed by atoms with Crippen LogP contribution in [0.4, 0.5) is 0 Å². The van der Waals surface area contributed by atoms with Crippen molar-refractivity contribution in [1.29, 1.82) is 0 Å². The molecule has 0 amide bonds. The van der Waals surface area contributed by atoms with E-state index in [9.17, 15) is 9.59 Å². The van der Waals surface area contributed by atoms with E-state index in [1.165, 1.54) is 4.68 Å². The van der Waals surface area contributed by atoms with Crippen LogP contribution >= 0.6 is 15.9 Å². The van der Waals surface area contributed by atoms with Gasteiger partial charge in [-0.15, -0.1) is 0 Å². The van der Waals surface area contributed by atoms with Gasteiger partial charge in [0.2, 0.25) is 0 Å². The van der Waals surface area contributed by atoms with Crippen molar-refractivity contribution < 1.29 is 19.0 Å². The molecule has 9 heteroatoms. The summed E-state index contributed by atoms with van der Waals surface area (Å²) < 4.78 is 18.5. The fraction of sp³-hybridized carbons (Fsp3) is 0.214. The van der Waals surface area contributed by atoms with Crippen LogP contribution in [0.3, 0.4) is 0 Å². The third-order valence-electron chi connectivity index (χ3n) is 5.35. The summed E-state index contributed by atoms with van der Waals surface area (Å²) >= 11 is 3.51. The second kappa shape index (κ2) is 11.8. The number of carbonyl (C=O) groups is 1. The van der Waals surface area contributed by atoms with E-state index in [1.54, 1.807) is 50.4 Å². The highest BCUT2D eigenvalue weighted by Gasteiger charge is 2.21. The Hall–Kier alpha value is -3.98. The van der Waals surface area contributed by atoms with Gasteiger partial charge in [-0.3, -0.25) is 4.79 Å². The van der Waals surface area contributed by atoms with Crippen molar-refractivity contribution >= 4 is 39.0 Å². The molecule has 37 heavy (non-hydrogen) atoms. The van der Waals surface area contributed by atoms with Crippen molar-refractivity contribution in [3.8, 4) is 22.9 Å². The molecule has 4 aromatic rings. The quantitative estimate of drug-likeness (QED) is 0.199. The zero-order chi connectivity index (χ0) is 26.4. The number of benzene rings is 3. The van der Waals surface area contributed by atoms with Crippen LogP contribution in [0.5, 0.6) is 11.5 Å². The first-order valence-corrected chi connectivity index (χ1v) is 12.6. The Morgan fingerprint density at radius 3 is 2.54 bits per heavy atom. The minimum absolute atomic E-state index is 0.259. The lowest BCUT2D eigenvalue weighted by Crippen LogP contribution is -2.26. The monoisotopic (exact) mass is 563 g/mol. The maximum Gasteiger partial charge on any atom is 0.347 e. The summed E-state index contributed by atoms with van der Waals surface area (Å²) in [6.45, 7) is 5.83. The van der Waals surface area contributed by atoms with Crippen molar-refractivity contribution in [1.82, 2.24) is 9.66 Å². The Balaban J connectivity index is 1.77. The number of esters is 1. The second-order valence-electron chi connectivity index (χ2n) is 7.96. The number of ether oxygens (including phenoxy) is 3. The van der Waals surface area contributed by atoms with E-state index in [1.807, 2.05) is 43.3 Å². The van der Waals surface area contributed by atoms with E-state index >= 15 is 0 Å². The van der Waals surface area contributed by atoms with Crippen LogP contribution in [0.25, 0.3) is 22.3 Å². The number of carbonyl (C=O) groups excluding carboxylic acids is 1. The number of halogens is 1. The molecule has 3 aromatic carbocycles. The fourth-order valence-electron chi connectivity index (χ4n) is 3.65. The molecule has 1 aromatic heterocycles. The van der Waals surface area contributed by atoms with Crippen molar-refractivity contribution in [2.45, 2.75) is 26.9 Å². The van der Waals surface area contributed by atoms with Gasteiger partial charge < -0.3 is 14.2 Å². The molecule has 0 radical (unpaired) electrons. The van der Waals surface area contributed by atoms with Crippen LogP contribution in [0, 0.1) is 0 Å². The predicted molar refractivity (Wildman–Crippen MR) is 146 cm³/mol. The lowest BCUT2D eigenvalue weighted by atomic mass is 10.2. The highest BCUT2D eigenvalue weighted by molar-refractivity contribution is 9.10. The van der Waals surface area contributed by atoms with Gasteiger partial charge in [0.1, 0.15) is 0 Å². The minimum atomic E-state index is -0.828. The maximum atomic E-state index is 13.4. The number of aromatic nitrogens is 2. The molecular formula is C28H26BrN3O5. The third-order valence-corrected chi connectivity index (χ3v) is 5.94. The topological polar surface area (TPSA) is 92.0 Å².